The summed E-state index contributed by atoms with van der Waals surface area (Å²) in [6, 6.07) is 0. The fourth-order valence-corrected chi connectivity index (χ4v) is 1.48. The largest absolute Gasteiger partial charge is 0.352 e. The van der Waals surface area contributed by atoms with E-state index in [1.807, 2.05) is 6.92 Å². The molecular formula is C9H15N3O2S. The van der Waals surface area contributed by atoms with Gasteiger partial charge in [-0.25, -0.2) is 0 Å². The molecule has 0 spiro atoms. The van der Waals surface area contributed by atoms with Crippen LogP contribution in [0.2, 0.25) is 0 Å². The van der Waals surface area contributed by atoms with E-state index in [1.165, 1.54) is 12.4 Å². The van der Waals surface area contributed by atoms with E-state index in [0.29, 0.717) is 18.5 Å². The van der Waals surface area contributed by atoms with Gasteiger partial charge in [-0.2, -0.15) is 5.10 Å². The maximum absolute atomic E-state index is 11.4. The van der Waals surface area contributed by atoms with Gasteiger partial charge in [-0.1, -0.05) is 6.92 Å². The fourth-order valence-electron chi connectivity index (χ4n) is 1.03. The van der Waals surface area contributed by atoms with Gasteiger partial charge < -0.3 is 5.32 Å². The summed E-state index contributed by atoms with van der Waals surface area (Å²) >= 11 is 0. The molecule has 0 aromatic carbocycles. The second-order valence-corrected chi connectivity index (χ2v) is 5.14. The van der Waals surface area contributed by atoms with Crippen LogP contribution in [0.3, 0.4) is 0 Å². The molecule has 1 heterocycles. The molecule has 2 atom stereocenters. The Labute approximate surface area is 91.1 Å². The Morgan fingerprint density at radius 1 is 1.73 bits per heavy atom. The molecule has 1 amide bonds. The molecule has 2 N–H and O–H groups in total. The third kappa shape index (κ3) is 3.83. The van der Waals surface area contributed by atoms with Crippen molar-refractivity contribution in [1.29, 1.82) is 0 Å². The lowest BCUT2D eigenvalue weighted by molar-refractivity contribution is 0.0953. The molecular weight excluding hydrogens is 214 g/mol. The molecule has 1 aromatic heterocycles. The molecule has 0 fully saturated rings. The summed E-state index contributed by atoms with van der Waals surface area (Å²) in [5.41, 5.74) is 0.514. The Morgan fingerprint density at radius 3 is 3.00 bits per heavy atom. The summed E-state index contributed by atoms with van der Waals surface area (Å²) in [5.74, 6) is -0.155. The monoisotopic (exact) mass is 229 g/mol. The molecule has 2 unspecified atom stereocenters. The van der Waals surface area contributed by atoms with Crippen LogP contribution in [0, 0.1) is 0 Å². The molecule has 0 aliphatic carbocycles. The molecule has 5 nitrogen and oxygen atoms in total. The van der Waals surface area contributed by atoms with Crippen molar-refractivity contribution in [3.8, 4) is 0 Å². The minimum atomic E-state index is -0.832. The van der Waals surface area contributed by atoms with Crippen molar-refractivity contribution >= 4 is 16.7 Å². The number of hydrogen-bond donors (Lipinski definition) is 2. The van der Waals surface area contributed by atoms with Crippen molar-refractivity contribution in [2.24, 2.45) is 0 Å². The van der Waals surface area contributed by atoms with E-state index in [9.17, 15) is 9.00 Å². The smallest absolute Gasteiger partial charge is 0.254 e. The number of nitrogens with one attached hydrogen (secondary N) is 2. The number of nitrogens with zero attached hydrogens (tertiary/aromatic N) is 1. The summed E-state index contributed by atoms with van der Waals surface area (Å²) in [6.07, 6.45) is 5.39. The Balaban J connectivity index is 2.27. The van der Waals surface area contributed by atoms with Gasteiger partial charge in [0.05, 0.1) is 11.8 Å². The van der Waals surface area contributed by atoms with Crippen LogP contribution < -0.4 is 5.32 Å². The van der Waals surface area contributed by atoms with Gasteiger partial charge in [0.1, 0.15) is 0 Å². The predicted molar refractivity (Wildman–Crippen MR) is 59.1 cm³/mol. The van der Waals surface area contributed by atoms with Gasteiger partial charge in [-0.3, -0.25) is 14.1 Å². The van der Waals surface area contributed by atoms with E-state index in [2.05, 4.69) is 15.5 Å². The van der Waals surface area contributed by atoms with Crippen LogP contribution in [-0.4, -0.2) is 38.4 Å². The van der Waals surface area contributed by atoms with E-state index in [1.54, 1.807) is 6.26 Å². The summed E-state index contributed by atoms with van der Waals surface area (Å²) < 4.78 is 11.0. The number of hydrogen-bond acceptors (Lipinski definition) is 3. The molecule has 0 aliphatic rings. The lowest BCUT2D eigenvalue weighted by Crippen LogP contribution is -2.27. The van der Waals surface area contributed by atoms with Crippen LogP contribution in [0.1, 0.15) is 23.7 Å². The number of rotatable bonds is 5. The van der Waals surface area contributed by atoms with Crippen molar-refractivity contribution in [1.82, 2.24) is 15.5 Å². The van der Waals surface area contributed by atoms with Crippen molar-refractivity contribution in [3.63, 3.8) is 0 Å². The molecule has 0 saturated heterocycles. The molecule has 0 radical (unpaired) electrons. The van der Waals surface area contributed by atoms with E-state index < -0.39 is 10.8 Å². The van der Waals surface area contributed by atoms with Gasteiger partial charge in [-0.05, 0) is 6.42 Å². The standard InChI is InChI=1S/C9H15N3O2S/c1-7(15(2)14)3-4-10-9(13)8-5-11-12-6-8/h5-7H,3-4H2,1-2H3,(H,10,13)(H,11,12). The number of carbonyl (C=O) groups excluding carboxylic acids is 1. The van der Waals surface area contributed by atoms with Gasteiger partial charge in [0.2, 0.25) is 0 Å². The van der Waals surface area contributed by atoms with Gasteiger partial charge in [0, 0.05) is 35.0 Å². The summed E-state index contributed by atoms with van der Waals surface area (Å²) in [5, 5.41) is 9.09. The molecule has 0 saturated carbocycles. The number of H-pyrrole nitrogens is 1. The summed E-state index contributed by atoms with van der Waals surface area (Å²) in [7, 11) is -0.832. The minimum absolute atomic E-state index is 0.106. The highest BCUT2D eigenvalue weighted by Crippen LogP contribution is 1.98. The Bertz CT molecular complexity index is 337. The zero-order chi connectivity index (χ0) is 11.3. The fraction of sp³-hybridized carbons (Fsp3) is 0.556. The third-order valence-electron chi connectivity index (χ3n) is 2.16. The average molecular weight is 229 g/mol. The van der Waals surface area contributed by atoms with Gasteiger partial charge >= 0.3 is 0 Å². The average Bonchev–Trinajstić information content (AvgIpc) is 2.70. The molecule has 84 valence electrons. The van der Waals surface area contributed by atoms with Crippen LogP contribution in [-0.2, 0) is 10.8 Å². The van der Waals surface area contributed by atoms with Crippen LogP contribution in [0.4, 0.5) is 0 Å². The highest BCUT2D eigenvalue weighted by molar-refractivity contribution is 7.84. The molecule has 0 aliphatic heterocycles. The first kappa shape index (κ1) is 11.9. The molecule has 6 heteroatoms. The summed E-state index contributed by atoms with van der Waals surface area (Å²) in [6.45, 7) is 2.44. The van der Waals surface area contributed by atoms with Gasteiger partial charge in [0.15, 0.2) is 0 Å². The second kappa shape index (κ2) is 5.65. The third-order valence-corrected chi connectivity index (χ3v) is 3.53. The van der Waals surface area contributed by atoms with Gasteiger partial charge in [0.25, 0.3) is 5.91 Å². The molecule has 1 aromatic rings. The summed E-state index contributed by atoms with van der Waals surface area (Å²) in [4.78, 5) is 11.4. The normalized spacial score (nSPS) is 14.5. The van der Waals surface area contributed by atoms with Crippen molar-refractivity contribution in [3.05, 3.63) is 18.0 Å². The topological polar surface area (TPSA) is 74.8 Å². The minimum Gasteiger partial charge on any atom is -0.352 e. The maximum atomic E-state index is 11.4. The first-order chi connectivity index (χ1) is 7.11. The maximum Gasteiger partial charge on any atom is 0.254 e. The second-order valence-electron chi connectivity index (χ2n) is 3.34. The molecule has 0 bridgehead atoms. The van der Waals surface area contributed by atoms with Crippen LogP contribution in [0.15, 0.2) is 12.4 Å². The van der Waals surface area contributed by atoms with Crippen LogP contribution >= 0.6 is 0 Å². The van der Waals surface area contributed by atoms with E-state index in [4.69, 9.17) is 0 Å². The lowest BCUT2D eigenvalue weighted by Gasteiger charge is -2.08. The van der Waals surface area contributed by atoms with Gasteiger partial charge in [-0.15, -0.1) is 0 Å². The Hall–Kier alpha value is -1.17. The quantitative estimate of drug-likeness (QED) is 0.762. The predicted octanol–water partition coefficient (Wildman–Crippen LogP) is 0.297. The first-order valence-electron chi connectivity index (χ1n) is 4.70. The SMILES string of the molecule is CC(CCNC(=O)c1cn[nH]c1)S(C)=O. The van der Waals surface area contributed by atoms with E-state index >= 15 is 0 Å². The van der Waals surface area contributed by atoms with Crippen molar-refractivity contribution < 1.29 is 9.00 Å². The zero-order valence-corrected chi connectivity index (χ0v) is 9.63. The Kier molecular flexibility index (Phi) is 4.48. The number of aromatic amines is 1. The van der Waals surface area contributed by atoms with Crippen LogP contribution in [0.5, 0.6) is 0 Å². The zero-order valence-electron chi connectivity index (χ0n) is 8.82. The molecule has 15 heavy (non-hydrogen) atoms. The highest BCUT2D eigenvalue weighted by Gasteiger charge is 2.08. The lowest BCUT2D eigenvalue weighted by atomic mass is 10.3. The number of amides is 1. The number of aromatic nitrogens is 2. The van der Waals surface area contributed by atoms with Crippen molar-refractivity contribution in [2.45, 2.75) is 18.6 Å². The molecule has 1 rings (SSSR count). The van der Waals surface area contributed by atoms with Crippen LogP contribution in [0.25, 0.3) is 0 Å². The highest BCUT2D eigenvalue weighted by atomic mass is 32.2. The number of carbonyl (C=O) groups is 1. The van der Waals surface area contributed by atoms with E-state index in [0.717, 1.165) is 0 Å². The first-order valence-corrected chi connectivity index (χ1v) is 6.32. The van der Waals surface area contributed by atoms with Crippen molar-refractivity contribution in [2.75, 3.05) is 12.8 Å². The van der Waals surface area contributed by atoms with E-state index in [-0.39, 0.29) is 11.2 Å². The Morgan fingerprint density at radius 2 is 2.47 bits per heavy atom.